The predicted octanol–water partition coefficient (Wildman–Crippen LogP) is -1.57. The molecule has 0 aromatic carbocycles. The molecule has 0 fully saturated rings. The third kappa shape index (κ3) is 3.20. The van der Waals surface area contributed by atoms with Crippen molar-refractivity contribution in [3.05, 3.63) is 12.2 Å². The highest BCUT2D eigenvalue weighted by Crippen LogP contribution is 1.87. The van der Waals surface area contributed by atoms with Crippen LogP contribution in [0.15, 0.2) is 6.33 Å². The summed E-state index contributed by atoms with van der Waals surface area (Å²) in [6.45, 7) is 0.551. The Balaban J connectivity index is 2.24. The number of carbonyl (C=O) groups excluding carboxylic acids is 1. The number of aryl methyl sites for hydroxylation is 1. The van der Waals surface area contributed by atoms with Crippen molar-refractivity contribution in [2.45, 2.75) is 6.42 Å². The van der Waals surface area contributed by atoms with E-state index in [1.165, 1.54) is 0 Å². The van der Waals surface area contributed by atoms with E-state index in [0.717, 1.165) is 5.82 Å². The standard InChI is InChI=1S/C7H13N5O/c1-12-5-10-6(11-12)2-3-9-7(13)4-8/h5H,2-4,8H2,1H3,(H,9,13). The summed E-state index contributed by atoms with van der Waals surface area (Å²) in [6, 6.07) is 0. The number of nitrogens with zero attached hydrogens (tertiary/aromatic N) is 3. The molecule has 0 aliphatic carbocycles. The molecule has 0 aliphatic rings. The van der Waals surface area contributed by atoms with Crippen molar-refractivity contribution in [3.63, 3.8) is 0 Å². The molecule has 6 nitrogen and oxygen atoms in total. The van der Waals surface area contributed by atoms with Crippen LogP contribution in [-0.2, 0) is 18.3 Å². The van der Waals surface area contributed by atoms with Gasteiger partial charge in [-0.2, -0.15) is 5.10 Å². The lowest BCUT2D eigenvalue weighted by Gasteiger charge is -1.99. The number of amides is 1. The first-order valence-electron chi connectivity index (χ1n) is 4.03. The monoisotopic (exact) mass is 183 g/mol. The van der Waals surface area contributed by atoms with Gasteiger partial charge in [0.25, 0.3) is 0 Å². The molecule has 0 radical (unpaired) electrons. The quantitative estimate of drug-likeness (QED) is 0.590. The lowest BCUT2D eigenvalue weighted by atomic mass is 10.4. The van der Waals surface area contributed by atoms with Crippen LogP contribution in [0.4, 0.5) is 0 Å². The van der Waals surface area contributed by atoms with Crippen molar-refractivity contribution in [1.29, 1.82) is 0 Å². The van der Waals surface area contributed by atoms with Crippen molar-refractivity contribution in [1.82, 2.24) is 20.1 Å². The topological polar surface area (TPSA) is 85.8 Å². The minimum atomic E-state index is -0.157. The molecule has 72 valence electrons. The van der Waals surface area contributed by atoms with Gasteiger partial charge in [-0.05, 0) is 0 Å². The van der Waals surface area contributed by atoms with Crippen LogP contribution in [0.25, 0.3) is 0 Å². The smallest absolute Gasteiger partial charge is 0.233 e. The van der Waals surface area contributed by atoms with Crippen LogP contribution in [0.1, 0.15) is 5.82 Å². The molecule has 1 amide bonds. The molecular formula is C7H13N5O. The fourth-order valence-electron chi connectivity index (χ4n) is 0.884. The van der Waals surface area contributed by atoms with E-state index in [1.807, 2.05) is 0 Å². The summed E-state index contributed by atoms with van der Waals surface area (Å²) >= 11 is 0. The summed E-state index contributed by atoms with van der Waals surface area (Å²) in [6.07, 6.45) is 2.26. The van der Waals surface area contributed by atoms with E-state index in [1.54, 1.807) is 18.1 Å². The summed E-state index contributed by atoms with van der Waals surface area (Å²) in [4.78, 5) is 14.7. The Kier molecular flexibility index (Phi) is 3.39. The Morgan fingerprint density at radius 1 is 1.77 bits per heavy atom. The van der Waals surface area contributed by atoms with Crippen molar-refractivity contribution < 1.29 is 4.79 Å². The molecule has 0 unspecified atom stereocenters. The molecule has 6 heteroatoms. The average molecular weight is 183 g/mol. The maximum Gasteiger partial charge on any atom is 0.233 e. The number of aromatic nitrogens is 3. The van der Waals surface area contributed by atoms with E-state index in [4.69, 9.17) is 5.73 Å². The normalized spacial score (nSPS) is 10.0. The lowest BCUT2D eigenvalue weighted by molar-refractivity contribution is -0.119. The van der Waals surface area contributed by atoms with Crippen LogP contribution in [0.5, 0.6) is 0 Å². The highest BCUT2D eigenvalue weighted by atomic mass is 16.1. The minimum absolute atomic E-state index is 0.0235. The third-order valence-electron chi connectivity index (χ3n) is 1.50. The van der Waals surface area contributed by atoms with E-state index in [2.05, 4.69) is 15.4 Å². The van der Waals surface area contributed by atoms with Crippen LogP contribution in [0.2, 0.25) is 0 Å². The first kappa shape index (κ1) is 9.66. The number of rotatable bonds is 4. The van der Waals surface area contributed by atoms with Crippen LogP contribution in [0.3, 0.4) is 0 Å². The maximum absolute atomic E-state index is 10.7. The minimum Gasteiger partial charge on any atom is -0.355 e. The molecule has 1 heterocycles. The second-order valence-corrected chi connectivity index (χ2v) is 2.64. The largest absolute Gasteiger partial charge is 0.355 e. The zero-order valence-corrected chi connectivity index (χ0v) is 7.53. The lowest BCUT2D eigenvalue weighted by Crippen LogP contribution is -2.31. The van der Waals surface area contributed by atoms with Crippen molar-refractivity contribution in [2.75, 3.05) is 13.1 Å². The fourth-order valence-corrected chi connectivity index (χ4v) is 0.884. The van der Waals surface area contributed by atoms with Crippen LogP contribution < -0.4 is 11.1 Å². The van der Waals surface area contributed by atoms with Gasteiger partial charge in [0, 0.05) is 20.0 Å². The molecule has 0 aliphatic heterocycles. The molecule has 0 atom stereocenters. The zero-order chi connectivity index (χ0) is 9.68. The Hall–Kier alpha value is -1.43. The summed E-state index contributed by atoms with van der Waals surface area (Å²) < 4.78 is 1.63. The predicted molar refractivity (Wildman–Crippen MR) is 46.8 cm³/mol. The van der Waals surface area contributed by atoms with Gasteiger partial charge in [-0.15, -0.1) is 0 Å². The summed E-state index contributed by atoms with van der Waals surface area (Å²) in [5.74, 6) is 0.566. The van der Waals surface area contributed by atoms with Crippen molar-refractivity contribution >= 4 is 5.91 Å². The van der Waals surface area contributed by atoms with Crippen LogP contribution in [-0.4, -0.2) is 33.8 Å². The van der Waals surface area contributed by atoms with Gasteiger partial charge in [0.05, 0.1) is 6.54 Å². The Labute approximate surface area is 76.1 Å². The molecule has 13 heavy (non-hydrogen) atoms. The van der Waals surface area contributed by atoms with Gasteiger partial charge < -0.3 is 11.1 Å². The van der Waals surface area contributed by atoms with Crippen molar-refractivity contribution in [3.8, 4) is 0 Å². The van der Waals surface area contributed by atoms with E-state index >= 15 is 0 Å². The van der Waals surface area contributed by atoms with Crippen molar-refractivity contribution in [2.24, 2.45) is 12.8 Å². The Morgan fingerprint density at radius 2 is 2.54 bits per heavy atom. The van der Waals surface area contributed by atoms with Crippen LogP contribution in [0, 0.1) is 0 Å². The van der Waals surface area contributed by atoms with Gasteiger partial charge in [0.2, 0.25) is 5.91 Å². The fraction of sp³-hybridized carbons (Fsp3) is 0.571. The SMILES string of the molecule is Cn1cnc(CCNC(=O)CN)n1. The molecule has 3 N–H and O–H groups in total. The van der Waals surface area contributed by atoms with Gasteiger partial charge in [-0.1, -0.05) is 0 Å². The third-order valence-corrected chi connectivity index (χ3v) is 1.50. The molecule has 1 rings (SSSR count). The highest BCUT2D eigenvalue weighted by molar-refractivity contribution is 5.77. The Morgan fingerprint density at radius 3 is 3.08 bits per heavy atom. The molecular weight excluding hydrogens is 170 g/mol. The van der Waals surface area contributed by atoms with Gasteiger partial charge in [-0.3, -0.25) is 9.48 Å². The zero-order valence-electron chi connectivity index (χ0n) is 7.53. The van der Waals surface area contributed by atoms with Gasteiger partial charge in [0.1, 0.15) is 6.33 Å². The second-order valence-electron chi connectivity index (χ2n) is 2.64. The first-order valence-corrected chi connectivity index (χ1v) is 4.03. The van der Waals surface area contributed by atoms with E-state index in [0.29, 0.717) is 13.0 Å². The molecule has 1 aromatic heterocycles. The average Bonchev–Trinajstić information content (AvgIpc) is 2.51. The molecule has 0 saturated carbocycles. The van der Waals surface area contributed by atoms with Gasteiger partial charge in [-0.25, -0.2) is 4.98 Å². The summed E-state index contributed by atoms with van der Waals surface area (Å²) in [5.41, 5.74) is 5.11. The molecule has 0 bridgehead atoms. The van der Waals surface area contributed by atoms with Crippen LogP contribution >= 0.6 is 0 Å². The Bertz CT molecular complexity index is 282. The second kappa shape index (κ2) is 4.56. The number of hydrogen-bond acceptors (Lipinski definition) is 4. The van der Waals surface area contributed by atoms with E-state index < -0.39 is 0 Å². The molecule has 0 spiro atoms. The van der Waals surface area contributed by atoms with E-state index in [-0.39, 0.29) is 12.5 Å². The highest BCUT2D eigenvalue weighted by Gasteiger charge is 1.99. The number of nitrogens with two attached hydrogens (primary N) is 1. The molecule has 0 saturated heterocycles. The van der Waals surface area contributed by atoms with Gasteiger partial charge in [0.15, 0.2) is 5.82 Å². The number of carbonyl (C=O) groups is 1. The van der Waals surface area contributed by atoms with E-state index in [9.17, 15) is 4.79 Å². The maximum atomic E-state index is 10.7. The first-order chi connectivity index (χ1) is 6.22. The number of nitrogens with one attached hydrogen (secondary N) is 1. The molecule has 1 aromatic rings. The number of hydrogen-bond donors (Lipinski definition) is 2. The summed E-state index contributed by atoms with van der Waals surface area (Å²) in [5, 5.41) is 6.69. The van der Waals surface area contributed by atoms with Gasteiger partial charge >= 0.3 is 0 Å². The summed E-state index contributed by atoms with van der Waals surface area (Å²) in [7, 11) is 1.80.